The molecule has 1 aliphatic carbocycles. The molecule has 3 heteroatoms. The zero-order chi connectivity index (χ0) is 28.6. The molecule has 0 saturated carbocycles. The van der Waals surface area contributed by atoms with E-state index in [1.54, 1.807) is 0 Å². The Labute approximate surface area is 258 Å². The van der Waals surface area contributed by atoms with Crippen molar-refractivity contribution < 1.29 is 0 Å². The molecule has 0 amide bonds. The molecule has 6 aromatic carbocycles. The Morgan fingerprint density at radius 3 is 1.20 bits per heavy atom. The Bertz CT molecular complexity index is 2030. The summed E-state index contributed by atoms with van der Waals surface area (Å²) in [4.78, 5) is 14.8. The van der Waals surface area contributed by atoms with Crippen LogP contribution in [0, 0.1) is 0 Å². The van der Waals surface area contributed by atoms with Crippen LogP contribution < -0.4 is 0 Å². The van der Waals surface area contributed by atoms with Crippen LogP contribution in [0.2, 0.25) is 0 Å². The SMILES string of the molecule is C.c1ccc(-c2nc(-c3ccccc3)nc(-c3cccc(-c4cccc5c4Cc4c(-c6ccccc6)cccc4-5)c3)n2)cc1. The van der Waals surface area contributed by atoms with Gasteiger partial charge in [-0.2, -0.15) is 0 Å². The van der Waals surface area contributed by atoms with Crippen LogP contribution in [0.5, 0.6) is 0 Å². The molecule has 0 radical (unpaired) electrons. The number of hydrogen-bond acceptors (Lipinski definition) is 3. The summed E-state index contributed by atoms with van der Waals surface area (Å²) in [7, 11) is 0. The number of aromatic nitrogens is 3. The van der Waals surface area contributed by atoms with Crippen LogP contribution in [-0.2, 0) is 6.42 Å². The molecule has 210 valence electrons. The molecular weight excluding hydrogens is 534 g/mol. The van der Waals surface area contributed by atoms with Gasteiger partial charge in [-0.1, -0.05) is 153 Å². The summed E-state index contributed by atoms with van der Waals surface area (Å²) in [5.74, 6) is 2.00. The van der Waals surface area contributed by atoms with Crippen LogP contribution in [0.4, 0.5) is 0 Å². The predicted octanol–water partition coefficient (Wildman–Crippen LogP) is 10.4. The second kappa shape index (κ2) is 11.5. The molecule has 0 aliphatic heterocycles. The minimum Gasteiger partial charge on any atom is -0.208 e. The van der Waals surface area contributed by atoms with E-state index in [1.165, 1.54) is 38.9 Å². The Morgan fingerprint density at radius 2 is 0.682 bits per heavy atom. The average molecular weight is 566 g/mol. The van der Waals surface area contributed by atoms with Gasteiger partial charge in [-0.15, -0.1) is 0 Å². The summed E-state index contributed by atoms with van der Waals surface area (Å²) >= 11 is 0. The lowest BCUT2D eigenvalue weighted by atomic mass is 9.94. The first-order chi connectivity index (χ1) is 21.3. The van der Waals surface area contributed by atoms with Gasteiger partial charge in [0, 0.05) is 16.7 Å². The van der Waals surface area contributed by atoms with Gasteiger partial charge in [-0.25, -0.2) is 15.0 Å². The first kappa shape index (κ1) is 27.2. The molecule has 0 atom stereocenters. The standard InChI is InChI=1S/C40H27N3.CH4/c1-4-13-27(14-5-1)32-21-11-23-34-35-24-12-22-33(37(35)26-36(32)34)30-19-10-20-31(25-30)40-42-38(28-15-6-2-7-16-28)41-39(43-40)29-17-8-3-9-18-29;/h1-25H,26H2;1H4. The lowest BCUT2D eigenvalue weighted by Crippen LogP contribution is -2.00. The van der Waals surface area contributed by atoms with Crippen LogP contribution in [0.15, 0.2) is 152 Å². The van der Waals surface area contributed by atoms with E-state index >= 15 is 0 Å². The van der Waals surface area contributed by atoms with Crippen molar-refractivity contribution in [1.29, 1.82) is 0 Å². The fourth-order valence-electron chi connectivity index (χ4n) is 6.16. The summed E-state index contributed by atoms with van der Waals surface area (Å²) in [5, 5.41) is 0. The van der Waals surface area contributed by atoms with Crippen LogP contribution in [0.25, 0.3) is 67.5 Å². The average Bonchev–Trinajstić information content (AvgIpc) is 3.48. The minimum absolute atomic E-state index is 0. The van der Waals surface area contributed by atoms with Crippen LogP contribution in [0.1, 0.15) is 18.6 Å². The van der Waals surface area contributed by atoms with E-state index in [0.717, 1.165) is 28.7 Å². The summed E-state index contributed by atoms with van der Waals surface area (Å²) < 4.78 is 0. The molecule has 0 saturated heterocycles. The van der Waals surface area contributed by atoms with Crippen molar-refractivity contribution in [3.8, 4) is 67.5 Å². The van der Waals surface area contributed by atoms with Gasteiger partial charge < -0.3 is 0 Å². The first-order valence-corrected chi connectivity index (χ1v) is 14.6. The lowest BCUT2D eigenvalue weighted by Gasteiger charge is -2.12. The Balaban J connectivity index is 0.00000312. The van der Waals surface area contributed by atoms with Crippen LogP contribution in [-0.4, -0.2) is 15.0 Å². The van der Waals surface area contributed by atoms with E-state index < -0.39 is 0 Å². The molecule has 44 heavy (non-hydrogen) atoms. The first-order valence-electron chi connectivity index (χ1n) is 14.6. The van der Waals surface area contributed by atoms with Gasteiger partial charge in [0.2, 0.25) is 0 Å². The normalized spacial score (nSPS) is 11.4. The minimum atomic E-state index is 0. The van der Waals surface area contributed by atoms with E-state index in [9.17, 15) is 0 Å². The summed E-state index contributed by atoms with van der Waals surface area (Å²) in [6.07, 6.45) is 0.901. The third-order valence-electron chi connectivity index (χ3n) is 8.21. The molecule has 7 aromatic rings. The molecule has 1 aromatic heterocycles. The third-order valence-corrected chi connectivity index (χ3v) is 8.21. The number of nitrogens with zero attached hydrogens (tertiary/aromatic N) is 3. The van der Waals surface area contributed by atoms with E-state index in [4.69, 9.17) is 15.0 Å². The molecule has 0 fully saturated rings. The van der Waals surface area contributed by atoms with Crippen LogP contribution >= 0.6 is 0 Å². The quantitative estimate of drug-likeness (QED) is 0.208. The van der Waals surface area contributed by atoms with Gasteiger partial charge >= 0.3 is 0 Å². The highest BCUT2D eigenvalue weighted by atomic mass is 15.0. The van der Waals surface area contributed by atoms with Crippen molar-refractivity contribution in [3.05, 3.63) is 163 Å². The Kier molecular flexibility index (Phi) is 7.13. The fourth-order valence-corrected chi connectivity index (χ4v) is 6.16. The van der Waals surface area contributed by atoms with Gasteiger partial charge in [0.25, 0.3) is 0 Å². The largest absolute Gasteiger partial charge is 0.208 e. The zero-order valence-electron chi connectivity index (χ0n) is 23.5. The van der Waals surface area contributed by atoms with Crippen molar-refractivity contribution in [3.63, 3.8) is 0 Å². The smallest absolute Gasteiger partial charge is 0.164 e. The van der Waals surface area contributed by atoms with Crippen molar-refractivity contribution >= 4 is 0 Å². The number of fused-ring (bicyclic) bond motifs is 3. The highest BCUT2D eigenvalue weighted by Gasteiger charge is 2.24. The van der Waals surface area contributed by atoms with E-state index in [-0.39, 0.29) is 7.43 Å². The van der Waals surface area contributed by atoms with Crippen molar-refractivity contribution in [1.82, 2.24) is 15.0 Å². The molecule has 1 aliphatic rings. The molecular formula is C41H31N3. The Hall–Kier alpha value is -5.67. The monoisotopic (exact) mass is 565 g/mol. The summed E-state index contributed by atoms with van der Waals surface area (Å²) in [5.41, 5.74) is 13.3. The number of benzene rings is 6. The van der Waals surface area contributed by atoms with E-state index in [0.29, 0.717) is 17.5 Å². The zero-order valence-corrected chi connectivity index (χ0v) is 23.5. The molecule has 0 N–H and O–H groups in total. The maximum absolute atomic E-state index is 4.96. The van der Waals surface area contributed by atoms with Gasteiger partial charge in [-0.3, -0.25) is 0 Å². The third kappa shape index (κ3) is 4.89. The molecule has 0 bridgehead atoms. The summed E-state index contributed by atoms with van der Waals surface area (Å²) in [6, 6.07) is 52.9. The van der Waals surface area contributed by atoms with E-state index in [1.807, 2.05) is 60.7 Å². The molecule has 0 unspecified atom stereocenters. The maximum Gasteiger partial charge on any atom is 0.164 e. The van der Waals surface area contributed by atoms with E-state index in [2.05, 4.69) is 91.0 Å². The molecule has 3 nitrogen and oxygen atoms in total. The fraction of sp³-hybridized carbons (Fsp3) is 0.0488. The lowest BCUT2D eigenvalue weighted by molar-refractivity contribution is 1.07. The van der Waals surface area contributed by atoms with Gasteiger partial charge in [-0.05, 0) is 57.0 Å². The van der Waals surface area contributed by atoms with Gasteiger partial charge in [0.05, 0.1) is 0 Å². The van der Waals surface area contributed by atoms with Crippen molar-refractivity contribution in [2.45, 2.75) is 13.8 Å². The molecule has 8 rings (SSSR count). The topological polar surface area (TPSA) is 38.7 Å². The molecule has 1 heterocycles. The second-order valence-electron chi connectivity index (χ2n) is 10.8. The highest BCUT2D eigenvalue weighted by Crippen LogP contribution is 2.45. The van der Waals surface area contributed by atoms with Crippen LogP contribution in [0.3, 0.4) is 0 Å². The predicted molar refractivity (Wildman–Crippen MR) is 182 cm³/mol. The van der Waals surface area contributed by atoms with Gasteiger partial charge in [0.1, 0.15) is 0 Å². The van der Waals surface area contributed by atoms with Crippen molar-refractivity contribution in [2.24, 2.45) is 0 Å². The van der Waals surface area contributed by atoms with Gasteiger partial charge in [0.15, 0.2) is 17.5 Å². The molecule has 0 spiro atoms. The highest BCUT2D eigenvalue weighted by molar-refractivity contribution is 5.90. The van der Waals surface area contributed by atoms with Crippen molar-refractivity contribution in [2.75, 3.05) is 0 Å². The summed E-state index contributed by atoms with van der Waals surface area (Å²) in [6.45, 7) is 0. The number of rotatable bonds is 5. The second-order valence-corrected chi connectivity index (χ2v) is 10.8. The Morgan fingerprint density at radius 1 is 0.318 bits per heavy atom. The maximum atomic E-state index is 4.96. The number of hydrogen-bond donors (Lipinski definition) is 0.